The highest BCUT2D eigenvalue weighted by atomic mass is 32.1. The van der Waals surface area contributed by atoms with Crippen LogP contribution in [-0.2, 0) is 33.6 Å². The maximum absolute atomic E-state index is 12.8. The third kappa shape index (κ3) is 11.7. The Morgan fingerprint density at radius 2 is 1.66 bits per heavy atom. The number of allylic oxidation sites excluding steroid dienone is 2. The van der Waals surface area contributed by atoms with Crippen LogP contribution in [-0.4, -0.2) is 61.5 Å². The van der Waals surface area contributed by atoms with Gasteiger partial charge in [-0.25, -0.2) is 0 Å². The number of carbonyl (C=O) groups is 3. The maximum atomic E-state index is 12.8. The molecule has 15 heteroatoms. The number of amides is 3. The summed E-state index contributed by atoms with van der Waals surface area (Å²) < 4.78 is 38.5. The van der Waals surface area contributed by atoms with Gasteiger partial charge in [0.2, 0.25) is 22.9 Å². The lowest BCUT2D eigenvalue weighted by molar-refractivity contribution is -0.253. The SMILES string of the molecule is CC(O)(CC(=O)NCC1C=CC=C(CC(=O)Nc2nnc(CCCCc3ccc(NC(=O)Cc4ccccc4)nn3)s2)C1)C(F)(F)F. The highest BCUT2D eigenvalue weighted by molar-refractivity contribution is 7.15. The van der Waals surface area contributed by atoms with Crippen molar-refractivity contribution >= 4 is 40.0 Å². The van der Waals surface area contributed by atoms with Crippen molar-refractivity contribution in [3.8, 4) is 0 Å². The zero-order valence-corrected chi connectivity index (χ0v) is 26.5. The van der Waals surface area contributed by atoms with Gasteiger partial charge in [-0.05, 0) is 56.2 Å². The lowest BCUT2D eigenvalue weighted by Crippen LogP contribution is -2.46. The molecule has 250 valence electrons. The molecule has 0 saturated heterocycles. The molecule has 2 heterocycles. The van der Waals surface area contributed by atoms with Gasteiger partial charge in [-0.2, -0.15) is 18.3 Å². The molecular formula is C32H36F3N7O4S. The van der Waals surface area contributed by atoms with Crippen LogP contribution in [0, 0.1) is 5.92 Å². The molecule has 0 spiro atoms. The molecule has 0 saturated carbocycles. The standard InChI is InChI=1S/C32H36F3N7O4S/c1-31(46,32(33,34)35)19-28(45)36-20-23-11-7-10-22(16-23)18-27(44)38-30-42-41-29(47-30)13-6-5-12-24-14-15-25(40-39-24)37-26(43)17-21-8-3-2-4-9-21/h2-4,7-11,14-15,23,46H,5-6,12-13,16-20H2,1H3,(H,36,45)(H,37,40,43)(H,38,42,44). The quantitative estimate of drug-likeness (QED) is 0.169. The number of aliphatic hydroxyl groups is 1. The predicted octanol–water partition coefficient (Wildman–Crippen LogP) is 4.73. The summed E-state index contributed by atoms with van der Waals surface area (Å²) in [5.74, 6) is -1.16. The van der Waals surface area contributed by atoms with Crippen molar-refractivity contribution < 1.29 is 32.7 Å². The fourth-order valence-electron chi connectivity index (χ4n) is 4.70. The first-order valence-corrected chi connectivity index (χ1v) is 15.9. The van der Waals surface area contributed by atoms with Crippen LogP contribution in [0.3, 0.4) is 0 Å². The van der Waals surface area contributed by atoms with Gasteiger partial charge in [0.05, 0.1) is 18.5 Å². The molecule has 2 atom stereocenters. The second kappa shape index (κ2) is 16.4. The lowest BCUT2D eigenvalue weighted by Gasteiger charge is -2.26. The van der Waals surface area contributed by atoms with Crippen molar-refractivity contribution in [1.29, 1.82) is 0 Å². The van der Waals surface area contributed by atoms with Crippen LogP contribution in [0.15, 0.2) is 66.3 Å². The summed E-state index contributed by atoms with van der Waals surface area (Å²) in [7, 11) is 0. The fourth-order valence-corrected chi connectivity index (χ4v) is 5.50. The number of nitrogens with zero attached hydrogens (tertiary/aromatic N) is 4. The van der Waals surface area contributed by atoms with Crippen LogP contribution in [0.2, 0.25) is 0 Å². The van der Waals surface area contributed by atoms with Crippen molar-refractivity contribution in [2.75, 3.05) is 17.2 Å². The van der Waals surface area contributed by atoms with Gasteiger partial charge in [0.1, 0.15) is 5.01 Å². The number of unbranched alkanes of at least 4 members (excludes halogenated alkanes) is 1. The Hall–Kier alpha value is -4.50. The summed E-state index contributed by atoms with van der Waals surface area (Å²) in [5, 5.41) is 35.1. The minimum atomic E-state index is -4.91. The third-order valence-corrected chi connectivity index (χ3v) is 8.18. The second-order valence-corrected chi connectivity index (χ2v) is 12.5. The highest BCUT2D eigenvalue weighted by Crippen LogP contribution is 2.32. The summed E-state index contributed by atoms with van der Waals surface area (Å²) >= 11 is 1.29. The number of halogens is 3. The van der Waals surface area contributed by atoms with E-state index in [1.807, 2.05) is 36.4 Å². The first-order chi connectivity index (χ1) is 22.4. The van der Waals surface area contributed by atoms with E-state index in [1.165, 1.54) is 11.3 Å². The number of aromatic nitrogens is 4. The normalized spacial score (nSPS) is 15.8. The molecule has 3 aromatic rings. The highest BCUT2D eigenvalue weighted by Gasteiger charge is 2.51. The van der Waals surface area contributed by atoms with Crippen LogP contribution >= 0.6 is 11.3 Å². The minimum Gasteiger partial charge on any atom is -0.380 e. The van der Waals surface area contributed by atoms with Gasteiger partial charge in [-0.3, -0.25) is 14.4 Å². The van der Waals surface area contributed by atoms with Gasteiger partial charge in [0.15, 0.2) is 11.4 Å². The minimum absolute atomic E-state index is 0.0767. The van der Waals surface area contributed by atoms with Gasteiger partial charge >= 0.3 is 6.18 Å². The largest absolute Gasteiger partial charge is 0.417 e. The Morgan fingerprint density at radius 1 is 0.915 bits per heavy atom. The Bertz CT molecular complexity index is 1580. The average molecular weight is 672 g/mol. The number of anilines is 2. The third-order valence-electron chi connectivity index (χ3n) is 7.29. The molecule has 0 bridgehead atoms. The Labute approximate surface area is 273 Å². The Morgan fingerprint density at radius 3 is 2.38 bits per heavy atom. The monoisotopic (exact) mass is 671 g/mol. The molecule has 2 unspecified atom stereocenters. The predicted molar refractivity (Wildman–Crippen MR) is 170 cm³/mol. The van der Waals surface area contributed by atoms with E-state index in [0.29, 0.717) is 37.1 Å². The first-order valence-electron chi connectivity index (χ1n) is 15.1. The number of hydrogen-bond acceptors (Lipinski definition) is 9. The van der Waals surface area contributed by atoms with Crippen LogP contribution in [0.5, 0.6) is 0 Å². The molecule has 4 N–H and O–H groups in total. The molecule has 0 aliphatic heterocycles. The first kappa shape index (κ1) is 35.4. The topological polar surface area (TPSA) is 159 Å². The van der Waals surface area contributed by atoms with E-state index in [0.717, 1.165) is 34.7 Å². The summed E-state index contributed by atoms with van der Waals surface area (Å²) in [6.45, 7) is 0.635. The summed E-state index contributed by atoms with van der Waals surface area (Å²) in [6.07, 6.45) is 3.15. The van der Waals surface area contributed by atoms with Crippen molar-refractivity contribution in [1.82, 2.24) is 25.7 Å². The lowest BCUT2D eigenvalue weighted by atomic mass is 9.92. The van der Waals surface area contributed by atoms with Crippen LogP contribution in [0.25, 0.3) is 0 Å². The van der Waals surface area contributed by atoms with Crippen molar-refractivity contribution in [2.45, 2.75) is 70.1 Å². The van der Waals surface area contributed by atoms with E-state index in [4.69, 9.17) is 0 Å². The van der Waals surface area contributed by atoms with Crippen LogP contribution in [0.4, 0.5) is 24.1 Å². The van der Waals surface area contributed by atoms with E-state index in [9.17, 15) is 32.7 Å². The van der Waals surface area contributed by atoms with Gasteiger partial charge in [-0.15, -0.1) is 15.3 Å². The Kier molecular flexibility index (Phi) is 12.3. The smallest absolute Gasteiger partial charge is 0.380 e. The fraction of sp³-hybridized carbons (Fsp3) is 0.406. The van der Waals surface area contributed by atoms with Gasteiger partial charge < -0.3 is 21.1 Å². The molecule has 1 aliphatic carbocycles. The molecule has 0 radical (unpaired) electrons. The molecule has 11 nitrogen and oxygen atoms in total. The number of aryl methyl sites for hydroxylation is 2. The van der Waals surface area contributed by atoms with Crippen molar-refractivity contribution in [3.63, 3.8) is 0 Å². The number of rotatable bonds is 15. The second-order valence-electron chi connectivity index (χ2n) is 11.5. The zero-order valence-electron chi connectivity index (χ0n) is 25.7. The van der Waals surface area contributed by atoms with E-state index in [2.05, 4.69) is 36.3 Å². The molecule has 2 aromatic heterocycles. The molecule has 3 amide bonds. The molecule has 1 aliphatic rings. The molecule has 1 aromatic carbocycles. The van der Waals surface area contributed by atoms with E-state index < -0.39 is 24.1 Å². The number of alkyl halides is 3. The van der Waals surface area contributed by atoms with Crippen LogP contribution < -0.4 is 16.0 Å². The molecular weight excluding hydrogens is 635 g/mol. The van der Waals surface area contributed by atoms with E-state index in [-0.39, 0.29) is 37.1 Å². The van der Waals surface area contributed by atoms with Crippen LogP contribution in [0.1, 0.15) is 55.3 Å². The summed E-state index contributed by atoms with van der Waals surface area (Å²) in [6, 6.07) is 13.0. The zero-order chi connectivity index (χ0) is 33.9. The Balaban J connectivity index is 1.11. The summed E-state index contributed by atoms with van der Waals surface area (Å²) in [4.78, 5) is 36.8. The number of carbonyl (C=O) groups excluding carboxylic acids is 3. The number of hydrogen-bond donors (Lipinski definition) is 4. The van der Waals surface area contributed by atoms with Gasteiger partial charge in [0, 0.05) is 19.4 Å². The van der Waals surface area contributed by atoms with Gasteiger partial charge in [-0.1, -0.05) is 65.5 Å². The van der Waals surface area contributed by atoms with Gasteiger partial charge in [0.25, 0.3) is 0 Å². The average Bonchev–Trinajstić information content (AvgIpc) is 3.45. The van der Waals surface area contributed by atoms with E-state index >= 15 is 0 Å². The number of nitrogens with one attached hydrogen (secondary N) is 3. The molecule has 47 heavy (non-hydrogen) atoms. The maximum Gasteiger partial charge on any atom is 0.417 e. The number of benzene rings is 1. The summed E-state index contributed by atoms with van der Waals surface area (Å²) in [5.41, 5.74) is -0.594. The van der Waals surface area contributed by atoms with Crippen molar-refractivity contribution in [2.24, 2.45) is 5.92 Å². The van der Waals surface area contributed by atoms with E-state index in [1.54, 1.807) is 24.3 Å². The van der Waals surface area contributed by atoms with Crippen molar-refractivity contribution in [3.05, 3.63) is 82.5 Å². The molecule has 0 fully saturated rings. The molecule has 4 rings (SSSR count).